The van der Waals surface area contributed by atoms with Crippen LogP contribution in [0.15, 0.2) is 25.3 Å². The van der Waals surface area contributed by atoms with E-state index in [0.717, 1.165) is 0 Å². The van der Waals surface area contributed by atoms with Gasteiger partial charge in [-0.25, -0.2) is 0 Å². The van der Waals surface area contributed by atoms with Crippen LogP contribution < -0.4 is 0 Å². The van der Waals surface area contributed by atoms with Crippen LogP contribution in [0.5, 0.6) is 0 Å². The molecule has 0 bridgehead atoms. The van der Waals surface area contributed by atoms with E-state index in [2.05, 4.69) is 13.2 Å². The SMILES string of the molecule is C=CC(COCCOC)OC(C=C)COCCOC. The number of hydrogen-bond donors (Lipinski definition) is 0. The molecule has 0 fully saturated rings. The molecular weight excluding hydrogens is 248 g/mol. The third-order valence-corrected chi connectivity index (χ3v) is 2.30. The fraction of sp³-hybridized carbons (Fsp3) is 0.714. The predicted molar refractivity (Wildman–Crippen MR) is 74.4 cm³/mol. The van der Waals surface area contributed by atoms with Crippen molar-refractivity contribution in [3.63, 3.8) is 0 Å². The van der Waals surface area contributed by atoms with Crippen molar-refractivity contribution in [2.75, 3.05) is 53.9 Å². The molecule has 0 N–H and O–H groups in total. The average Bonchev–Trinajstić information content (AvgIpc) is 2.44. The number of ether oxygens (including phenoxy) is 5. The van der Waals surface area contributed by atoms with Crippen LogP contribution in [0, 0.1) is 0 Å². The number of methoxy groups -OCH3 is 2. The molecule has 0 aromatic heterocycles. The summed E-state index contributed by atoms with van der Waals surface area (Å²) < 4.78 is 26.3. The normalized spacial score (nSPS) is 14.0. The highest BCUT2D eigenvalue weighted by molar-refractivity contribution is 4.86. The van der Waals surface area contributed by atoms with Gasteiger partial charge in [-0.3, -0.25) is 0 Å². The summed E-state index contributed by atoms with van der Waals surface area (Å²) in [4.78, 5) is 0. The molecule has 112 valence electrons. The van der Waals surface area contributed by atoms with E-state index >= 15 is 0 Å². The van der Waals surface area contributed by atoms with E-state index in [0.29, 0.717) is 39.6 Å². The van der Waals surface area contributed by atoms with Crippen LogP contribution in [0.4, 0.5) is 0 Å². The molecule has 0 amide bonds. The van der Waals surface area contributed by atoms with Gasteiger partial charge < -0.3 is 23.7 Å². The molecule has 0 aliphatic carbocycles. The Morgan fingerprint density at radius 1 is 0.789 bits per heavy atom. The van der Waals surface area contributed by atoms with E-state index in [9.17, 15) is 0 Å². The second kappa shape index (κ2) is 13.7. The molecule has 0 saturated heterocycles. The summed E-state index contributed by atoms with van der Waals surface area (Å²) in [6.07, 6.45) is 3.04. The molecule has 0 aliphatic heterocycles. The van der Waals surface area contributed by atoms with Crippen molar-refractivity contribution in [3.05, 3.63) is 25.3 Å². The molecule has 5 nitrogen and oxygen atoms in total. The van der Waals surface area contributed by atoms with Crippen molar-refractivity contribution in [1.29, 1.82) is 0 Å². The van der Waals surface area contributed by atoms with Gasteiger partial charge in [0.25, 0.3) is 0 Å². The Kier molecular flexibility index (Phi) is 13.2. The van der Waals surface area contributed by atoms with Gasteiger partial charge in [0.15, 0.2) is 0 Å². The summed E-state index contributed by atoms with van der Waals surface area (Å²) in [6.45, 7) is 10.5. The highest BCUT2D eigenvalue weighted by atomic mass is 16.6. The Morgan fingerprint density at radius 3 is 1.53 bits per heavy atom. The quantitative estimate of drug-likeness (QED) is 0.354. The molecule has 5 heteroatoms. The summed E-state index contributed by atoms with van der Waals surface area (Å²) >= 11 is 0. The van der Waals surface area contributed by atoms with Gasteiger partial charge in [0.2, 0.25) is 0 Å². The molecule has 0 radical (unpaired) electrons. The van der Waals surface area contributed by atoms with E-state index < -0.39 is 0 Å². The molecule has 0 aromatic rings. The highest BCUT2D eigenvalue weighted by Gasteiger charge is 2.12. The highest BCUT2D eigenvalue weighted by Crippen LogP contribution is 2.03. The van der Waals surface area contributed by atoms with Crippen LogP contribution in [0.2, 0.25) is 0 Å². The Morgan fingerprint density at radius 2 is 1.21 bits per heavy atom. The Bertz CT molecular complexity index is 198. The third kappa shape index (κ3) is 10.9. The Hall–Kier alpha value is -0.720. The van der Waals surface area contributed by atoms with E-state index in [-0.39, 0.29) is 12.2 Å². The zero-order valence-electron chi connectivity index (χ0n) is 12.0. The van der Waals surface area contributed by atoms with Crippen molar-refractivity contribution >= 4 is 0 Å². The van der Waals surface area contributed by atoms with Gasteiger partial charge >= 0.3 is 0 Å². The molecule has 0 spiro atoms. The second-order valence-corrected chi connectivity index (χ2v) is 3.82. The van der Waals surface area contributed by atoms with Crippen LogP contribution >= 0.6 is 0 Å². The van der Waals surface area contributed by atoms with Crippen LogP contribution in [0.3, 0.4) is 0 Å². The van der Waals surface area contributed by atoms with Gasteiger partial charge in [-0.2, -0.15) is 0 Å². The van der Waals surface area contributed by atoms with Gasteiger partial charge in [0.1, 0.15) is 0 Å². The fourth-order valence-corrected chi connectivity index (χ4v) is 1.23. The maximum absolute atomic E-state index is 5.74. The minimum absolute atomic E-state index is 0.189. The van der Waals surface area contributed by atoms with Gasteiger partial charge in [-0.1, -0.05) is 12.2 Å². The predicted octanol–water partition coefficient (Wildman–Crippen LogP) is 1.44. The first kappa shape index (κ1) is 18.3. The lowest BCUT2D eigenvalue weighted by atomic mass is 10.3. The first-order valence-corrected chi connectivity index (χ1v) is 6.32. The summed E-state index contributed by atoms with van der Waals surface area (Å²) in [5, 5.41) is 0. The minimum atomic E-state index is -0.189. The standard InChI is InChI=1S/C14H26O5/c1-5-13(11-17-9-7-15-3)19-14(6-2)12-18-10-8-16-4/h5-6,13-14H,1-2,7-12H2,3-4H3. The molecule has 0 aliphatic rings. The topological polar surface area (TPSA) is 46.2 Å². The first-order valence-electron chi connectivity index (χ1n) is 6.32. The van der Waals surface area contributed by atoms with Crippen molar-refractivity contribution in [1.82, 2.24) is 0 Å². The van der Waals surface area contributed by atoms with E-state index in [4.69, 9.17) is 23.7 Å². The fourth-order valence-electron chi connectivity index (χ4n) is 1.23. The largest absolute Gasteiger partial charge is 0.382 e. The van der Waals surface area contributed by atoms with Gasteiger partial charge in [-0.05, 0) is 0 Å². The van der Waals surface area contributed by atoms with Crippen LogP contribution in [0.1, 0.15) is 0 Å². The molecule has 0 aromatic carbocycles. The smallest absolute Gasteiger partial charge is 0.0995 e. The van der Waals surface area contributed by atoms with Crippen LogP contribution in [-0.2, 0) is 23.7 Å². The Balaban J connectivity index is 3.82. The zero-order valence-corrected chi connectivity index (χ0v) is 12.0. The molecule has 0 heterocycles. The molecule has 0 rings (SSSR count). The Labute approximate surface area is 116 Å². The van der Waals surface area contributed by atoms with Crippen molar-refractivity contribution < 1.29 is 23.7 Å². The first-order chi connectivity index (χ1) is 9.28. The van der Waals surface area contributed by atoms with Crippen molar-refractivity contribution in [2.24, 2.45) is 0 Å². The van der Waals surface area contributed by atoms with Crippen LogP contribution in [0.25, 0.3) is 0 Å². The summed E-state index contributed by atoms with van der Waals surface area (Å²) in [7, 11) is 3.27. The van der Waals surface area contributed by atoms with E-state index in [1.807, 2.05) is 0 Å². The summed E-state index contributed by atoms with van der Waals surface area (Å²) in [6, 6.07) is 0. The molecule has 2 unspecified atom stereocenters. The van der Waals surface area contributed by atoms with E-state index in [1.165, 1.54) is 0 Å². The van der Waals surface area contributed by atoms with Crippen molar-refractivity contribution in [2.45, 2.75) is 12.2 Å². The van der Waals surface area contributed by atoms with Crippen LogP contribution in [-0.4, -0.2) is 66.1 Å². The maximum atomic E-state index is 5.74. The molecule has 19 heavy (non-hydrogen) atoms. The number of rotatable bonds is 14. The van der Waals surface area contributed by atoms with Gasteiger partial charge in [0.05, 0.1) is 51.8 Å². The average molecular weight is 274 g/mol. The molecular formula is C14H26O5. The number of hydrogen-bond acceptors (Lipinski definition) is 5. The third-order valence-electron chi connectivity index (χ3n) is 2.30. The molecule has 2 atom stereocenters. The van der Waals surface area contributed by atoms with Gasteiger partial charge in [-0.15, -0.1) is 13.2 Å². The lowest BCUT2D eigenvalue weighted by Gasteiger charge is -2.20. The second-order valence-electron chi connectivity index (χ2n) is 3.82. The van der Waals surface area contributed by atoms with Gasteiger partial charge in [0, 0.05) is 14.2 Å². The monoisotopic (exact) mass is 274 g/mol. The van der Waals surface area contributed by atoms with Crippen molar-refractivity contribution in [3.8, 4) is 0 Å². The minimum Gasteiger partial charge on any atom is -0.382 e. The lowest BCUT2D eigenvalue weighted by molar-refractivity contribution is -0.0567. The maximum Gasteiger partial charge on any atom is 0.0995 e. The summed E-state index contributed by atoms with van der Waals surface area (Å²) in [5.41, 5.74) is 0. The lowest BCUT2D eigenvalue weighted by Crippen LogP contribution is -2.27. The van der Waals surface area contributed by atoms with E-state index in [1.54, 1.807) is 26.4 Å². The molecule has 0 saturated carbocycles. The zero-order chi connectivity index (χ0) is 14.3. The summed E-state index contributed by atoms with van der Waals surface area (Å²) in [5.74, 6) is 0.